The Morgan fingerprint density at radius 1 is 1.00 bits per heavy atom. The topological polar surface area (TPSA) is 40.6 Å². The molecule has 0 atom stereocenters. The first-order valence-electron chi connectivity index (χ1n) is 5.80. The first-order valence-corrected chi connectivity index (χ1v) is 8.06. The van der Waals surface area contributed by atoms with Gasteiger partial charge in [-0.1, -0.05) is 0 Å². The predicted octanol–water partition coefficient (Wildman–Crippen LogP) is 2.31. The lowest BCUT2D eigenvalue weighted by molar-refractivity contribution is -0.137. The van der Waals surface area contributed by atoms with Gasteiger partial charge in [-0.3, -0.25) is 0 Å². The van der Waals surface area contributed by atoms with E-state index in [-0.39, 0.29) is 13.1 Å². The highest BCUT2D eigenvalue weighted by molar-refractivity contribution is 8.11. The van der Waals surface area contributed by atoms with E-state index in [0.717, 1.165) is 16.4 Å². The molecule has 0 spiro atoms. The predicted molar refractivity (Wildman–Crippen MR) is 70.0 cm³/mol. The Kier molecular flexibility index (Phi) is 4.17. The second-order valence-corrected chi connectivity index (χ2v) is 6.88. The van der Waals surface area contributed by atoms with Gasteiger partial charge in [0, 0.05) is 42.5 Å². The van der Waals surface area contributed by atoms with E-state index >= 15 is 0 Å². The Bertz CT molecular complexity index is 566. The van der Waals surface area contributed by atoms with Crippen molar-refractivity contribution in [2.45, 2.75) is 6.18 Å². The van der Waals surface area contributed by atoms with Crippen LogP contribution in [0.25, 0.3) is 0 Å². The van der Waals surface area contributed by atoms with Crippen LogP contribution in [0.15, 0.2) is 24.3 Å². The van der Waals surface area contributed by atoms with E-state index in [1.807, 2.05) is 4.90 Å². The number of halogens is 4. The summed E-state index contributed by atoms with van der Waals surface area (Å²) in [6.07, 6.45) is -4.36. The first-order chi connectivity index (χ1) is 9.18. The standard InChI is InChI=1S/C11H12ClF3N2O2S/c12-20(18,19)17-7-5-16(6-8-17)10-3-1-9(2-4-10)11(13,14)15/h1-4H,5-8H2. The van der Waals surface area contributed by atoms with Gasteiger partial charge in [-0.05, 0) is 24.3 Å². The van der Waals surface area contributed by atoms with Gasteiger partial charge in [0.15, 0.2) is 0 Å². The molecule has 9 heteroatoms. The summed E-state index contributed by atoms with van der Waals surface area (Å²) < 4.78 is 60.7. The van der Waals surface area contributed by atoms with Gasteiger partial charge in [0.05, 0.1) is 5.56 Å². The van der Waals surface area contributed by atoms with E-state index in [9.17, 15) is 21.6 Å². The maximum absolute atomic E-state index is 12.4. The molecule has 0 unspecified atom stereocenters. The van der Waals surface area contributed by atoms with E-state index in [1.54, 1.807) is 0 Å². The molecule has 4 nitrogen and oxygen atoms in total. The van der Waals surface area contributed by atoms with E-state index in [4.69, 9.17) is 10.7 Å². The van der Waals surface area contributed by atoms with Gasteiger partial charge >= 0.3 is 6.18 Å². The number of hydrogen-bond acceptors (Lipinski definition) is 3. The summed E-state index contributed by atoms with van der Waals surface area (Å²) in [5.41, 5.74) is -0.0761. The minimum atomic E-state index is -4.36. The van der Waals surface area contributed by atoms with Gasteiger partial charge in [0.1, 0.15) is 0 Å². The molecule has 2 rings (SSSR count). The summed E-state index contributed by atoms with van der Waals surface area (Å²) in [6.45, 7) is 1.20. The molecular formula is C11H12ClF3N2O2S. The fourth-order valence-electron chi connectivity index (χ4n) is 2.03. The van der Waals surface area contributed by atoms with Gasteiger partial charge in [0.2, 0.25) is 0 Å². The molecule has 1 saturated heterocycles. The Labute approximate surface area is 119 Å². The summed E-state index contributed by atoms with van der Waals surface area (Å²) in [5, 5.41) is 0. The quantitative estimate of drug-likeness (QED) is 0.782. The van der Waals surface area contributed by atoms with Crippen molar-refractivity contribution in [2.75, 3.05) is 31.1 Å². The lowest BCUT2D eigenvalue weighted by Gasteiger charge is -2.34. The van der Waals surface area contributed by atoms with Crippen LogP contribution in [-0.4, -0.2) is 38.9 Å². The maximum atomic E-state index is 12.4. The monoisotopic (exact) mass is 328 g/mol. The molecule has 1 aliphatic rings. The summed E-state index contributed by atoms with van der Waals surface area (Å²) >= 11 is 0. The Hall–Kier alpha value is -0.990. The summed E-state index contributed by atoms with van der Waals surface area (Å²) in [7, 11) is 1.50. The highest BCUT2D eigenvalue weighted by Gasteiger charge is 2.30. The van der Waals surface area contributed by atoms with Crippen molar-refractivity contribution < 1.29 is 21.6 Å². The van der Waals surface area contributed by atoms with Crippen LogP contribution in [0.3, 0.4) is 0 Å². The molecule has 0 aliphatic carbocycles. The normalized spacial score (nSPS) is 18.3. The van der Waals surface area contributed by atoms with Crippen molar-refractivity contribution in [1.29, 1.82) is 0 Å². The zero-order chi connectivity index (χ0) is 15.0. The number of hydrogen-bond donors (Lipinski definition) is 0. The molecule has 0 saturated carbocycles. The Balaban J connectivity index is 2.04. The van der Waals surface area contributed by atoms with Crippen LogP contribution in [0.4, 0.5) is 18.9 Å². The van der Waals surface area contributed by atoms with Gasteiger partial charge in [-0.2, -0.15) is 25.9 Å². The van der Waals surface area contributed by atoms with Crippen molar-refractivity contribution >= 4 is 25.6 Å². The minimum Gasteiger partial charge on any atom is -0.369 e. The highest BCUT2D eigenvalue weighted by atomic mass is 35.7. The third kappa shape index (κ3) is 3.56. The van der Waals surface area contributed by atoms with E-state index in [2.05, 4.69) is 0 Å². The lowest BCUT2D eigenvalue weighted by Crippen LogP contribution is -2.47. The van der Waals surface area contributed by atoms with Crippen LogP contribution in [-0.2, 0) is 15.4 Å². The number of piperazine rings is 1. The van der Waals surface area contributed by atoms with Crippen LogP contribution in [0.1, 0.15) is 5.56 Å². The molecule has 1 aromatic rings. The molecule has 0 amide bonds. The number of benzene rings is 1. The molecule has 112 valence electrons. The third-order valence-electron chi connectivity index (χ3n) is 3.11. The van der Waals surface area contributed by atoms with Crippen LogP contribution in [0, 0.1) is 0 Å². The SMILES string of the molecule is O=S(=O)(Cl)N1CCN(c2ccc(C(F)(F)F)cc2)CC1. The number of alkyl halides is 3. The Morgan fingerprint density at radius 2 is 1.50 bits per heavy atom. The minimum absolute atomic E-state index is 0.215. The van der Waals surface area contributed by atoms with Gasteiger partial charge in [-0.15, -0.1) is 0 Å². The van der Waals surface area contributed by atoms with Crippen LogP contribution >= 0.6 is 10.7 Å². The van der Waals surface area contributed by atoms with Crippen molar-refractivity contribution in [1.82, 2.24) is 4.31 Å². The summed E-state index contributed by atoms with van der Waals surface area (Å²) in [5.74, 6) is 0. The van der Waals surface area contributed by atoms with Crippen molar-refractivity contribution in [3.63, 3.8) is 0 Å². The molecule has 0 N–H and O–H groups in total. The first kappa shape index (κ1) is 15.4. The summed E-state index contributed by atoms with van der Waals surface area (Å²) in [6, 6.07) is 4.79. The van der Waals surface area contributed by atoms with Crippen molar-refractivity contribution in [3.05, 3.63) is 29.8 Å². The number of rotatable bonds is 2. The van der Waals surface area contributed by atoms with Gasteiger partial charge in [-0.25, -0.2) is 0 Å². The molecule has 1 fully saturated rings. The zero-order valence-corrected chi connectivity index (χ0v) is 11.8. The maximum Gasteiger partial charge on any atom is 0.416 e. The second-order valence-electron chi connectivity index (χ2n) is 4.37. The average Bonchev–Trinajstić information content (AvgIpc) is 2.37. The molecule has 1 heterocycles. The van der Waals surface area contributed by atoms with Crippen LogP contribution in [0.2, 0.25) is 0 Å². The van der Waals surface area contributed by atoms with Crippen molar-refractivity contribution in [2.24, 2.45) is 0 Å². The number of anilines is 1. The summed E-state index contributed by atoms with van der Waals surface area (Å²) in [4.78, 5) is 1.82. The lowest BCUT2D eigenvalue weighted by atomic mass is 10.2. The molecular weight excluding hydrogens is 317 g/mol. The van der Waals surface area contributed by atoms with E-state index in [0.29, 0.717) is 18.8 Å². The molecule has 0 radical (unpaired) electrons. The Morgan fingerprint density at radius 3 is 1.90 bits per heavy atom. The van der Waals surface area contributed by atoms with Crippen LogP contribution in [0.5, 0.6) is 0 Å². The van der Waals surface area contributed by atoms with Gasteiger partial charge < -0.3 is 4.90 Å². The molecule has 20 heavy (non-hydrogen) atoms. The molecule has 1 aromatic carbocycles. The van der Waals surface area contributed by atoms with Gasteiger partial charge in [0.25, 0.3) is 9.24 Å². The zero-order valence-electron chi connectivity index (χ0n) is 10.3. The largest absolute Gasteiger partial charge is 0.416 e. The van der Waals surface area contributed by atoms with E-state index in [1.165, 1.54) is 12.1 Å². The van der Waals surface area contributed by atoms with Crippen molar-refractivity contribution in [3.8, 4) is 0 Å². The van der Waals surface area contributed by atoms with Crippen LogP contribution < -0.4 is 4.90 Å². The molecule has 1 aliphatic heterocycles. The molecule has 0 aromatic heterocycles. The number of nitrogens with zero attached hydrogens (tertiary/aromatic N) is 2. The second kappa shape index (κ2) is 5.42. The fraction of sp³-hybridized carbons (Fsp3) is 0.455. The third-order valence-corrected chi connectivity index (χ3v) is 4.67. The molecule has 0 bridgehead atoms. The highest BCUT2D eigenvalue weighted by Crippen LogP contribution is 2.30. The smallest absolute Gasteiger partial charge is 0.369 e. The average molecular weight is 329 g/mol. The fourth-order valence-corrected chi connectivity index (χ4v) is 3.04. The van der Waals surface area contributed by atoms with E-state index < -0.39 is 21.0 Å².